The first-order valence-corrected chi connectivity index (χ1v) is 12.5. The molecule has 0 atom stereocenters. The van der Waals surface area contributed by atoms with E-state index < -0.39 is 5.92 Å². The lowest BCUT2D eigenvalue weighted by Gasteiger charge is -2.37. The number of carbonyl (C=O) groups excluding carboxylic acids is 3. The lowest BCUT2D eigenvalue weighted by molar-refractivity contribution is -0.118. The molecule has 0 saturated carbocycles. The highest BCUT2D eigenvalue weighted by atomic mass is 35.5. The Labute approximate surface area is 214 Å². The molecule has 2 aromatic carbocycles. The standard InChI is InChI=1S/C28H27ClN2O5/c1-35-24-11-3-2-6-18(24)31-25(34)15-36-23-13-12-16(14-17(23)29)26-27-19(7-4-9-21(27)32)30-20-8-5-10-22(33)28(20)26/h2-3,6,11-14,26,30H,4-5,7-10,15H2,1H3,(H,31,34). The molecule has 2 aliphatic carbocycles. The normalized spacial score (nSPS) is 17.8. The van der Waals surface area contributed by atoms with Crippen molar-refractivity contribution >= 4 is 34.8 Å². The van der Waals surface area contributed by atoms with Crippen LogP contribution in [0.2, 0.25) is 5.02 Å². The second-order valence-corrected chi connectivity index (χ2v) is 9.53. The number of para-hydroxylation sites is 2. The number of ether oxygens (including phenoxy) is 2. The number of hydrogen-bond acceptors (Lipinski definition) is 6. The average molecular weight is 507 g/mol. The quantitative estimate of drug-likeness (QED) is 0.568. The van der Waals surface area contributed by atoms with Crippen molar-refractivity contribution in [1.29, 1.82) is 0 Å². The van der Waals surface area contributed by atoms with Gasteiger partial charge in [-0.15, -0.1) is 0 Å². The Morgan fingerprint density at radius 1 is 0.972 bits per heavy atom. The topological polar surface area (TPSA) is 93.7 Å². The third-order valence-corrected chi connectivity index (χ3v) is 7.12. The zero-order valence-corrected chi connectivity index (χ0v) is 20.7. The number of halogens is 1. The van der Waals surface area contributed by atoms with Crippen molar-refractivity contribution in [1.82, 2.24) is 5.32 Å². The fourth-order valence-corrected chi connectivity index (χ4v) is 5.45. The van der Waals surface area contributed by atoms with E-state index in [0.29, 0.717) is 46.2 Å². The Morgan fingerprint density at radius 3 is 2.28 bits per heavy atom. The molecule has 1 amide bonds. The minimum absolute atomic E-state index is 0.0723. The largest absolute Gasteiger partial charge is 0.495 e. The molecule has 8 heteroatoms. The highest BCUT2D eigenvalue weighted by Crippen LogP contribution is 2.46. The van der Waals surface area contributed by atoms with Gasteiger partial charge in [-0.1, -0.05) is 29.8 Å². The highest BCUT2D eigenvalue weighted by molar-refractivity contribution is 6.32. The van der Waals surface area contributed by atoms with Crippen molar-refractivity contribution < 1.29 is 23.9 Å². The van der Waals surface area contributed by atoms with Crippen molar-refractivity contribution in [2.45, 2.75) is 44.4 Å². The van der Waals surface area contributed by atoms with E-state index in [-0.39, 0.29) is 24.1 Å². The van der Waals surface area contributed by atoms with E-state index in [1.54, 1.807) is 30.3 Å². The van der Waals surface area contributed by atoms with Crippen LogP contribution in [0.1, 0.15) is 50.0 Å². The van der Waals surface area contributed by atoms with Gasteiger partial charge in [-0.05, 0) is 55.5 Å². The van der Waals surface area contributed by atoms with Gasteiger partial charge >= 0.3 is 0 Å². The Hall–Kier alpha value is -3.58. The number of carbonyl (C=O) groups is 3. The zero-order chi connectivity index (χ0) is 25.2. The minimum Gasteiger partial charge on any atom is -0.495 e. The monoisotopic (exact) mass is 506 g/mol. The van der Waals surface area contributed by atoms with Crippen molar-refractivity contribution in [2.24, 2.45) is 0 Å². The van der Waals surface area contributed by atoms with Gasteiger partial charge in [0.05, 0.1) is 17.8 Å². The number of nitrogens with one attached hydrogen (secondary N) is 2. The number of rotatable bonds is 6. The molecular weight excluding hydrogens is 480 g/mol. The molecule has 2 N–H and O–H groups in total. The summed E-state index contributed by atoms with van der Waals surface area (Å²) in [5.41, 5.74) is 4.52. The molecule has 0 spiro atoms. The van der Waals surface area contributed by atoms with Gasteiger partial charge in [0.15, 0.2) is 18.2 Å². The third kappa shape index (κ3) is 4.63. The van der Waals surface area contributed by atoms with Gasteiger partial charge in [-0.3, -0.25) is 14.4 Å². The summed E-state index contributed by atoms with van der Waals surface area (Å²) in [5.74, 6) is 0.247. The van der Waals surface area contributed by atoms with Crippen LogP contribution < -0.4 is 20.1 Å². The summed E-state index contributed by atoms with van der Waals surface area (Å²) in [4.78, 5) is 38.4. The SMILES string of the molecule is COc1ccccc1NC(=O)COc1ccc(C2C3=C(CCCC3=O)NC3=C2C(=O)CCC3)cc1Cl. The van der Waals surface area contributed by atoms with Gasteiger partial charge in [0, 0.05) is 41.3 Å². The van der Waals surface area contributed by atoms with E-state index in [1.165, 1.54) is 7.11 Å². The van der Waals surface area contributed by atoms with Crippen LogP contribution in [0.5, 0.6) is 11.5 Å². The average Bonchev–Trinajstić information content (AvgIpc) is 2.87. The lowest BCUT2D eigenvalue weighted by atomic mass is 9.71. The molecule has 3 aliphatic rings. The molecule has 1 aliphatic heterocycles. The first-order valence-electron chi connectivity index (χ1n) is 12.1. The van der Waals surface area contributed by atoms with Crippen LogP contribution in [0, 0.1) is 0 Å². The molecule has 1 heterocycles. The van der Waals surface area contributed by atoms with Crippen LogP contribution in [0.25, 0.3) is 0 Å². The Bertz CT molecular complexity index is 1270. The third-order valence-electron chi connectivity index (χ3n) is 6.82. The van der Waals surface area contributed by atoms with Crippen LogP contribution in [-0.4, -0.2) is 31.2 Å². The van der Waals surface area contributed by atoms with Crippen molar-refractivity contribution in [3.05, 3.63) is 75.6 Å². The second kappa shape index (κ2) is 10.2. The van der Waals surface area contributed by atoms with Gasteiger partial charge in [0.25, 0.3) is 5.91 Å². The number of benzene rings is 2. The molecule has 36 heavy (non-hydrogen) atoms. The molecule has 0 radical (unpaired) electrons. The second-order valence-electron chi connectivity index (χ2n) is 9.12. The van der Waals surface area contributed by atoms with Gasteiger partial charge < -0.3 is 20.1 Å². The summed E-state index contributed by atoms with van der Waals surface area (Å²) >= 11 is 6.57. The molecular formula is C28H27ClN2O5. The number of allylic oxidation sites excluding steroid dienone is 4. The molecule has 0 unspecified atom stereocenters. The van der Waals surface area contributed by atoms with E-state index in [1.807, 2.05) is 12.1 Å². The number of methoxy groups -OCH3 is 1. The maximum absolute atomic E-state index is 13.0. The van der Waals surface area contributed by atoms with Gasteiger partial charge in [0.1, 0.15) is 11.5 Å². The summed E-state index contributed by atoms with van der Waals surface area (Å²) in [6, 6.07) is 12.4. The van der Waals surface area contributed by atoms with Crippen LogP contribution in [0.3, 0.4) is 0 Å². The molecule has 7 nitrogen and oxygen atoms in total. The molecule has 0 saturated heterocycles. The Balaban J connectivity index is 1.37. The Morgan fingerprint density at radius 2 is 1.64 bits per heavy atom. The molecule has 0 bridgehead atoms. The predicted molar refractivity (Wildman–Crippen MR) is 136 cm³/mol. The highest BCUT2D eigenvalue weighted by Gasteiger charge is 2.40. The summed E-state index contributed by atoms with van der Waals surface area (Å²) in [7, 11) is 1.53. The summed E-state index contributed by atoms with van der Waals surface area (Å²) in [6.07, 6.45) is 4.14. The lowest BCUT2D eigenvalue weighted by Crippen LogP contribution is -2.36. The summed E-state index contributed by atoms with van der Waals surface area (Å²) in [5, 5.41) is 6.48. The molecule has 0 aromatic heterocycles. The first-order chi connectivity index (χ1) is 17.5. The number of anilines is 1. The summed E-state index contributed by atoms with van der Waals surface area (Å²) in [6.45, 7) is -0.244. The number of Topliss-reactive ketones (excluding diaryl/α,β-unsaturated/α-hetero) is 2. The van der Waals surface area contributed by atoms with Gasteiger partial charge in [0.2, 0.25) is 0 Å². The van der Waals surface area contributed by atoms with E-state index in [0.717, 1.165) is 42.6 Å². The number of hydrogen-bond donors (Lipinski definition) is 2. The number of amides is 1. The molecule has 2 aromatic rings. The fourth-order valence-electron chi connectivity index (χ4n) is 5.21. The molecule has 0 fully saturated rings. The fraction of sp³-hybridized carbons (Fsp3) is 0.321. The number of dihydropyridines is 1. The minimum atomic E-state index is -0.433. The van der Waals surface area contributed by atoms with Gasteiger partial charge in [-0.25, -0.2) is 0 Å². The van der Waals surface area contributed by atoms with Crippen LogP contribution in [0.15, 0.2) is 65.0 Å². The predicted octanol–water partition coefficient (Wildman–Crippen LogP) is 5.07. The first kappa shape index (κ1) is 24.1. The van der Waals surface area contributed by atoms with Crippen molar-refractivity contribution in [2.75, 3.05) is 19.0 Å². The van der Waals surface area contributed by atoms with E-state index in [9.17, 15) is 14.4 Å². The Kier molecular flexibility index (Phi) is 6.83. The van der Waals surface area contributed by atoms with Crippen molar-refractivity contribution in [3.8, 4) is 11.5 Å². The van der Waals surface area contributed by atoms with Crippen LogP contribution in [-0.2, 0) is 14.4 Å². The van der Waals surface area contributed by atoms with E-state index in [2.05, 4.69) is 10.6 Å². The van der Waals surface area contributed by atoms with Crippen LogP contribution >= 0.6 is 11.6 Å². The van der Waals surface area contributed by atoms with Crippen molar-refractivity contribution in [3.63, 3.8) is 0 Å². The maximum Gasteiger partial charge on any atom is 0.262 e. The van der Waals surface area contributed by atoms with Gasteiger partial charge in [-0.2, -0.15) is 0 Å². The zero-order valence-electron chi connectivity index (χ0n) is 20.0. The van der Waals surface area contributed by atoms with E-state index in [4.69, 9.17) is 21.1 Å². The molecule has 186 valence electrons. The smallest absolute Gasteiger partial charge is 0.262 e. The summed E-state index contributed by atoms with van der Waals surface area (Å²) < 4.78 is 10.9. The number of ketones is 2. The van der Waals surface area contributed by atoms with Crippen LogP contribution in [0.4, 0.5) is 5.69 Å². The molecule has 5 rings (SSSR count). The van der Waals surface area contributed by atoms with E-state index >= 15 is 0 Å². The maximum atomic E-state index is 13.0.